The fourth-order valence-corrected chi connectivity index (χ4v) is 3.52. The molecule has 2 amide bonds. The van der Waals surface area contributed by atoms with Gasteiger partial charge in [-0.3, -0.25) is 14.4 Å². The summed E-state index contributed by atoms with van der Waals surface area (Å²) < 4.78 is 0. The Morgan fingerprint density at radius 3 is 2.33 bits per heavy atom. The Morgan fingerprint density at radius 1 is 1.15 bits per heavy atom. The van der Waals surface area contributed by atoms with E-state index in [1.807, 2.05) is 49.1 Å². The topological polar surface area (TPSA) is 77.9 Å². The summed E-state index contributed by atoms with van der Waals surface area (Å²) in [5, 5.41) is 9.07. The molecule has 1 N–H and O–H groups in total. The number of rotatable bonds is 8. The summed E-state index contributed by atoms with van der Waals surface area (Å²) in [6.07, 6.45) is 2.40. The number of aliphatic carboxylic acids is 1. The number of hydrogen-bond donors (Lipinski definition) is 1. The Balaban J connectivity index is 1.83. The molecular weight excluding hydrogens is 344 g/mol. The van der Waals surface area contributed by atoms with E-state index < -0.39 is 5.97 Å². The summed E-state index contributed by atoms with van der Waals surface area (Å²) >= 11 is 0. The number of piperidine rings is 1. The van der Waals surface area contributed by atoms with E-state index >= 15 is 0 Å². The van der Waals surface area contributed by atoms with Gasteiger partial charge in [0, 0.05) is 32.0 Å². The third-order valence-corrected chi connectivity index (χ3v) is 4.89. The van der Waals surface area contributed by atoms with Gasteiger partial charge in [0.2, 0.25) is 11.8 Å². The number of carboxylic acids is 1. The number of aryl methyl sites for hydroxylation is 1. The zero-order valence-electron chi connectivity index (χ0n) is 16.3. The standard InChI is InChI=1S/C21H30N2O4/c1-16(2)14-23(15-20(25)26)21(27)18-10-12-22(13-11-18)19(24)9-8-17-6-4-3-5-7-17/h3-7,16,18H,8-15H2,1-2H3,(H,25,26). The number of hydrogen-bond acceptors (Lipinski definition) is 3. The molecule has 1 aliphatic heterocycles. The lowest BCUT2D eigenvalue weighted by Crippen LogP contribution is -2.46. The monoisotopic (exact) mass is 374 g/mol. The highest BCUT2D eigenvalue weighted by atomic mass is 16.4. The van der Waals surface area contributed by atoms with Gasteiger partial charge < -0.3 is 14.9 Å². The minimum Gasteiger partial charge on any atom is -0.480 e. The highest BCUT2D eigenvalue weighted by Gasteiger charge is 2.31. The molecule has 0 bridgehead atoms. The van der Waals surface area contributed by atoms with Crippen molar-refractivity contribution in [2.24, 2.45) is 11.8 Å². The van der Waals surface area contributed by atoms with Crippen molar-refractivity contribution in [2.75, 3.05) is 26.2 Å². The smallest absolute Gasteiger partial charge is 0.323 e. The van der Waals surface area contributed by atoms with Crippen LogP contribution < -0.4 is 0 Å². The van der Waals surface area contributed by atoms with Crippen molar-refractivity contribution in [2.45, 2.75) is 39.5 Å². The quantitative estimate of drug-likeness (QED) is 0.758. The minimum atomic E-state index is -0.988. The Kier molecular flexibility index (Phi) is 7.82. The lowest BCUT2D eigenvalue weighted by Gasteiger charge is -2.34. The predicted octanol–water partition coefficient (Wildman–Crippen LogP) is 2.43. The average molecular weight is 374 g/mol. The van der Waals surface area contributed by atoms with Gasteiger partial charge in [0.1, 0.15) is 6.54 Å². The van der Waals surface area contributed by atoms with Gasteiger partial charge in [-0.15, -0.1) is 0 Å². The number of carboxylic acid groups (broad SMARTS) is 1. The highest BCUT2D eigenvalue weighted by Crippen LogP contribution is 2.21. The van der Waals surface area contributed by atoms with Crippen LogP contribution in [0, 0.1) is 11.8 Å². The van der Waals surface area contributed by atoms with E-state index in [0.717, 1.165) is 12.0 Å². The van der Waals surface area contributed by atoms with Gasteiger partial charge in [-0.05, 0) is 30.7 Å². The van der Waals surface area contributed by atoms with Crippen molar-refractivity contribution in [1.82, 2.24) is 9.80 Å². The molecule has 2 rings (SSSR count). The molecule has 27 heavy (non-hydrogen) atoms. The Morgan fingerprint density at radius 2 is 1.78 bits per heavy atom. The first-order valence-corrected chi connectivity index (χ1v) is 9.69. The largest absolute Gasteiger partial charge is 0.480 e. The molecule has 6 heteroatoms. The number of nitrogens with zero attached hydrogens (tertiary/aromatic N) is 2. The second-order valence-electron chi connectivity index (χ2n) is 7.65. The Bertz CT molecular complexity index is 637. The van der Waals surface area contributed by atoms with Crippen molar-refractivity contribution in [3.05, 3.63) is 35.9 Å². The van der Waals surface area contributed by atoms with E-state index in [9.17, 15) is 14.4 Å². The minimum absolute atomic E-state index is 0.0949. The molecule has 1 aromatic rings. The van der Waals surface area contributed by atoms with Crippen LogP contribution in [-0.4, -0.2) is 58.9 Å². The molecule has 6 nitrogen and oxygen atoms in total. The number of carbonyl (C=O) groups is 3. The molecule has 0 aromatic heterocycles. The predicted molar refractivity (Wildman–Crippen MR) is 103 cm³/mol. The van der Waals surface area contributed by atoms with Gasteiger partial charge in [0.05, 0.1) is 0 Å². The van der Waals surface area contributed by atoms with E-state index in [-0.39, 0.29) is 30.2 Å². The third kappa shape index (κ3) is 6.70. The fraction of sp³-hybridized carbons (Fsp3) is 0.571. The first kappa shape index (κ1) is 20.9. The SMILES string of the molecule is CC(C)CN(CC(=O)O)C(=O)C1CCN(C(=O)CCc2ccccc2)CC1. The van der Waals surface area contributed by atoms with Gasteiger partial charge in [0.15, 0.2) is 0 Å². The molecule has 0 atom stereocenters. The molecule has 1 aromatic carbocycles. The maximum atomic E-state index is 12.7. The van der Waals surface area contributed by atoms with Gasteiger partial charge in [-0.2, -0.15) is 0 Å². The van der Waals surface area contributed by atoms with Gasteiger partial charge in [0.25, 0.3) is 0 Å². The maximum absolute atomic E-state index is 12.7. The lowest BCUT2D eigenvalue weighted by molar-refractivity contribution is -0.148. The van der Waals surface area contributed by atoms with Crippen LogP contribution in [0.25, 0.3) is 0 Å². The summed E-state index contributed by atoms with van der Waals surface area (Å²) in [7, 11) is 0. The zero-order chi connectivity index (χ0) is 19.8. The molecule has 1 heterocycles. The van der Waals surface area contributed by atoms with Crippen molar-refractivity contribution in [3.8, 4) is 0 Å². The van der Waals surface area contributed by atoms with Gasteiger partial charge in [-0.1, -0.05) is 44.2 Å². The first-order valence-electron chi connectivity index (χ1n) is 9.69. The zero-order valence-corrected chi connectivity index (χ0v) is 16.3. The van der Waals surface area contributed by atoms with Crippen LogP contribution in [0.15, 0.2) is 30.3 Å². The number of amides is 2. The fourth-order valence-electron chi connectivity index (χ4n) is 3.52. The van der Waals surface area contributed by atoms with Crippen LogP contribution in [-0.2, 0) is 20.8 Å². The molecule has 1 saturated heterocycles. The van der Waals surface area contributed by atoms with Crippen LogP contribution in [0.1, 0.15) is 38.7 Å². The number of benzene rings is 1. The van der Waals surface area contributed by atoms with Crippen LogP contribution in [0.3, 0.4) is 0 Å². The van der Waals surface area contributed by atoms with Crippen molar-refractivity contribution in [1.29, 1.82) is 0 Å². The summed E-state index contributed by atoms with van der Waals surface area (Å²) in [5.41, 5.74) is 1.15. The van der Waals surface area contributed by atoms with Crippen LogP contribution in [0.4, 0.5) is 0 Å². The highest BCUT2D eigenvalue weighted by molar-refractivity contribution is 5.83. The van der Waals surface area contributed by atoms with Crippen LogP contribution in [0.2, 0.25) is 0 Å². The van der Waals surface area contributed by atoms with Crippen molar-refractivity contribution in [3.63, 3.8) is 0 Å². The molecule has 0 saturated carbocycles. The summed E-state index contributed by atoms with van der Waals surface area (Å²) in [6.45, 7) is 5.25. The summed E-state index contributed by atoms with van der Waals surface area (Å²) in [4.78, 5) is 39.5. The van der Waals surface area contributed by atoms with E-state index in [1.165, 1.54) is 4.90 Å². The van der Waals surface area contributed by atoms with Gasteiger partial charge in [-0.25, -0.2) is 0 Å². The number of likely N-dealkylation sites (tertiary alicyclic amines) is 1. The number of carbonyl (C=O) groups excluding carboxylic acids is 2. The lowest BCUT2D eigenvalue weighted by atomic mass is 9.94. The van der Waals surface area contributed by atoms with E-state index in [2.05, 4.69) is 0 Å². The van der Waals surface area contributed by atoms with E-state index in [1.54, 1.807) is 0 Å². The van der Waals surface area contributed by atoms with Crippen molar-refractivity contribution < 1.29 is 19.5 Å². The molecule has 1 aliphatic rings. The van der Waals surface area contributed by atoms with Gasteiger partial charge >= 0.3 is 5.97 Å². The van der Waals surface area contributed by atoms with Crippen molar-refractivity contribution >= 4 is 17.8 Å². The average Bonchev–Trinajstić information content (AvgIpc) is 2.65. The molecule has 0 spiro atoms. The molecule has 148 valence electrons. The Hall–Kier alpha value is -2.37. The maximum Gasteiger partial charge on any atom is 0.323 e. The molecule has 0 aliphatic carbocycles. The first-order chi connectivity index (χ1) is 12.9. The molecule has 0 radical (unpaired) electrons. The second kappa shape index (κ2) is 10.1. The summed E-state index contributed by atoms with van der Waals surface area (Å²) in [5.74, 6) is -0.941. The van der Waals surface area contributed by atoms with E-state index in [4.69, 9.17) is 5.11 Å². The van der Waals surface area contributed by atoms with Crippen LogP contribution >= 0.6 is 0 Å². The second-order valence-corrected chi connectivity index (χ2v) is 7.65. The normalized spacial score (nSPS) is 15.0. The van der Waals surface area contributed by atoms with Crippen LogP contribution in [0.5, 0.6) is 0 Å². The Labute approximate surface area is 161 Å². The summed E-state index contributed by atoms with van der Waals surface area (Å²) in [6, 6.07) is 9.93. The molecule has 1 fully saturated rings. The third-order valence-electron chi connectivity index (χ3n) is 4.89. The van der Waals surface area contributed by atoms with E-state index in [0.29, 0.717) is 38.9 Å². The molecule has 0 unspecified atom stereocenters. The molecular formula is C21H30N2O4.